The Morgan fingerprint density at radius 2 is 1.81 bits per heavy atom. The normalized spacial score (nSPS) is 13.1. The summed E-state index contributed by atoms with van der Waals surface area (Å²) in [6, 6.07) is 22.2. The van der Waals surface area contributed by atoms with Gasteiger partial charge in [0.15, 0.2) is 0 Å². The summed E-state index contributed by atoms with van der Waals surface area (Å²) in [5.41, 5.74) is 5.50. The van der Waals surface area contributed by atoms with E-state index in [1.165, 1.54) is 23.2 Å². The number of pyridine rings is 1. The van der Waals surface area contributed by atoms with E-state index >= 15 is 0 Å². The number of anilines is 1. The minimum Gasteiger partial charge on any atom is -0.367 e. The third kappa shape index (κ3) is 4.17. The summed E-state index contributed by atoms with van der Waals surface area (Å²) in [6.45, 7) is 2.38. The number of benzene rings is 2. The van der Waals surface area contributed by atoms with Crippen molar-refractivity contribution < 1.29 is 4.79 Å². The molecule has 136 valence electrons. The number of fused-ring (bicyclic) bond motifs is 1. The molecule has 4 nitrogen and oxygen atoms in total. The van der Waals surface area contributed by atoms with Gasteiger partial charge in [0.1, 0.15) is 0 Å². The number of hydrogen-bond donors (Lipinski definition) is 1. The number of nitrogens with zero attached hydrogens (tertiary/aromatic N) is 2. The first-order valence-corrected chi connectivity index (χ1v) is 9.39. The van der Waals surface area contributed by atoms with Crippen LogP contribution in [0.3, 0.4) is 0 Å². The van der Waals surface area contributed by atoms with Crippen molar-refractivity contribution in [3.63, 3.8) is 0 Å². The molecule has 0 aliphatic carbocycles. The lowest BCUT2D eigenvalue weighted by Crippen LogP contribution is -2.28. The quantitative estimate of drug-likeness (QED) is 0.752. The summed E-state index contributed by atoms with van der Waals surface area (Å²) in [5.74, 6) is -0.0736. The van der Waals surface area contributed by atoms with Gasteiger partial charge in [-0.2, -0.15) is 0 Å². The smallest absolute Gasteiger partial charge is 0.251 e. The Kier molecular flexibility index (Phi) is 5.15. The van der Waals surface area contributed by atoms with Crippen LogP contribution in [0.15, 0.2) is 72.9 Å². The van der Waals surface area contributed by atoms with Gasteiger partial charge in [-0.15, -0.1) is 0 Å². The summed E-state index contributed by atoms with van der Waals surface area (Å²) in [5, 5.41) is 2.92. The molecule has 1 amide bonds. The number of hydrogen-bond acceptors (Lipinski definition) is 3. The third-order valence-electron chi connectivity index (χ3n) is 4.95. The van der Waals surface area contributed by atoms with Crippen LogP contribution in [0.1, 0.15) is 33.6 Å². The summed E-state index contributed by atoms with van der Waals surface area (Å²) in [4.78, 5) is 19.0. The fourth-order valence-corrected chi connectivity index (χ4v) is 3.53. The maximum Gasteiger partial charge on any atom is 0.251 e. The van der Waals surface area contributed by atoms with Crippen LogP contribution in [-0.2, 0) is 19.5 Å². The molecule has 0 fully saturated rings. The Hall–Kier alpha value is -3.14. The highest BCUT2D eigenvalue weighted by Gasteiger charge is 2.16. The van der Waals surface area contributed by atoms with Crippen LogP contribution in [0.4, 0.5) is 5.69 Å². The number of aromatic nitrogens is 1. The highest BCUT2D eigenvalue weighted by molar-refractivity contribution is 5.94. The van der Waals surface area contributed by atoms with Crippen molar-refractivity contribution in [2.75, 3.05) is 11.4 Å². The summed E-state index contributed by atoms with van der Waals surface area (Å²) in [7, 11) is 0. The van der Waals surface area contributed by atoms with E-state index < -0.39 is 0 Å². The number of para-hydroxylation sites is 1. The first-order chi connectivity index (χ1) is 13.3. The predicted octanol–water partition coefficient (Wildman–Crippen LogP) is 3.96. The second-order valence-electron chi connectivity index (χ2n) is 6.85. The molecule has 0 radical (unpaired) electrons. The molecule has 0 unspecified atom stereocenters. The van der Waals surface area contributed by atoms with E-state index in [1.54, 1.807) is 6.20 Å². The number of aryl methyl sites for hydroxylation is 1. The summed E-state index contributed by atoms with van der Waals surface area (Å²) in [6.07, 6.45) is 4.07. The van der Waals surface area contributed by atoms with Crippen LogP contribution in [0.2, 0.25) is 0 Å². The van der Waals surface area contributed by atoms with Gasteiger partial charge in [-0.25, -0.2) is 0 Å². The number of amides is 1. The highest BCUT2D eigenvalue weighted by atomic mass is 16.1. The van der Waals surface area contributed by atoms with Crippen molar-refractivity contribution in [1.29, 1.82) is 0 Å². The van der Waals surface area contributed by atoms with E-state index in [9.17, 15) is 4.79 Å². The molecule has 4 rings (SSSR count). The lowest BCUT2D eigenvalue weighted by Gasteiger charge is -2.31. The molecular weight excluding hydrogens is 334 g/mol. The maximum absolute atomic E-state index is 12.3. The van der Waals surface area contributed by atoms with Gasteiger partial charge in [-0.3, -0.25) is 9.78 Å². The van der Waals surface area contributed by atoms with Gasteiger partial charge in [-0.1, -0.05) is 36.4 Å². The zero-order chi connectivity index (χ0) is 18.5. The maximum atomic E-state index is 12.3. The first-order valence-electron chi connectivity index (χ1n) is 9.39. The molecule has 1 N–H and O–H groups in total. The molecular formula is C23H23N3O. The Bertz CT molecular complexity index is 906. The predicted molar refractivity (Wildman–Crippen MR) is 108 cm³/mol. The van der Waals surface area contributed by atoms with Crippen molar-refractivity contribution in [2.24, 2.45) is 0 Å². The molecule has 1 aromatic heterocycles. The van der Waals surface area contributed by atoms with Crippen molar-refractivity contribution >= 4 is 11.6 Å². The van der Waals surface area contributed by atoms with E-state index in [4.69, 9.17) is 0 Å². The van der Waals surface area contributed by atoms with E-state index in [0.29, 0.717) is 12.1 Å². The van der Waals surface area contributed by atoms with E-state index in [0.717, 1.165) is 25.2 Å². The molecule has 0 spiro atoms. The number of rotatable bonds is 5. The first kappa shape index (κ1) is 17.3. The number of carbonyl (C=O) groups is 1. The van der Waals surface area contributed by atoms with Crippen LogP contribution in [0.5, 0.6) is 0 Å². The molecule has 0 saturated carbocycles. The molecule has 3 aromatic rings. The molecule has 0 bridgehead atoms. The zero-order valence-electron chi connectivity index (χ0n) is 15.3. The Morgan fingerprint density at radius 1 is 1.00 bits per heavy atom. The highest BCUT2D eigenvalue weighted by Crippen LogP contribution is 2.28. The topological polar surface area (TPSA) is 45.2 Å². The fourth-order valence-electron chi connectivity index (χ4n) is 3.53. The molecule has 2 aromatic carbocycles. The van der Waals surface area contributed by atoms with Crippen molar-refractivity contribution in [1.82, 2.24) is 10.3 Å². The second-order valence-corrected chi connectivity index (χ2v) is 6.85. The lowest BCUT2D eigenvalue weighted by atomic mass is 10.0. The third-order valence-corrected chi connectivity index (χ3v) is 4.95. The van der Waals surface area contributed by atoms with Crippen molar-refractivity contribution in [2.45, 2.75) is 25.9 Å². The van der Waals surface area contributed by atoms with Gasteiger partial charge in [0.05, 0.1) is 12.2 Å². The molecule has 4 heteroatoms. The molecule has 1 aliphatic rings. The molecule has 0 saturated heterocycles. The van der Waals surface area contributed by atoms with Crippen LogP contribution in [0.25, 0.3) is 0 Å². The number of carbonyl (C=O) groups excluding carboxylic acids is 1. The second kappa shape index (κ2) is 8.04. The standard InChI is InChI=1S/C23H23N3O/c27-23(25-16-21-8-3-4-14-24-21)20-12-10-18(11-13-20)17-26-15-5-7-19-6-1-2-9-22(19)26/h1-4,6,8-14H,5,7,15-17H2,(H,25,27). The van der Waals surface area contributed by atoms with Gasteiger partial charge in [0, 0.05) is 30.5 Å². The van der Waals surface area contributed by atoms with E-state index in [1.807, 2.05) is 42.5 Å². The fraction of sp³-hybridized carbons (Fsp3) is 0.217. The van der Waals surface area contributed by atoms with Gasteiger partial charge in [0.25, 0.3) is 5.91 Å². The van der Waals surface area contributed by atoms with Crippen LogP contribution in [0, 0.1) is 0 Å². The van der Waals surface area contributed by atoms with Crippen LogP contribution >= 0.6 is 0 Å². The summed E-state index contributed by atoms with van der Waals surface area (Å²) < 4.78 is 0. The van der Waals surface area contributed by atoms with Crippen molar-refractivity contribution in [3.05, 3.63) is 95.3 Å². The minimum atomic E-state index is -0.0736. The van der Waals surface area contributed by atoms with E-state index in [-0.39, 0.29) is 5.91 Å². The monoisotopic (exact) mass is 357 g/mol. The average molecular weight is 357 g/mol. The van der Waals surface area contributed by atoms with Gasteiger partial charge in [-0.05, 0) is 54.3 Å². The lowest BCUT2D eigenvalue weighted by molar-refractivity contribution is 0.0950. The summed E-state index contributed by atoms with van der Waals surface area (Å²) >= 11 is 0. The average Bonchev–Trinajstić information content (AvgIpc) is 2.74. The van der Waals surface area contributed by atoms with E-state index in [2.05, 4.69) is 39.5 Å². The van der Waals surface area contributed by atoms with Gasteiger partial charge >= 0.3 is 0 Å². The molecule has 1 aliphatic heterocycles. The van der Waals surface area contributed by atoms with Crippen LogP contribution < -0.4 is 10.2 Å². The largest absolute Gasteiger partial charge is 0.367 e. The van der Waals surface area contributed by atoms with Crippen LogP contribution in [-0.4, -0.2) is 17.4 Å². The van der Waals surface area contributed by atoms with Gasteiger partial charge in [0.2, 0.25) is 0 Å². The Morgan fingerprint density at radius 3 is 2.63 bits per heavy atom. The number of nitrogens with one attached hydrogen (secondary N) is 1. The van der Waals surface area contributed by atoms with Crippen molar-refractivity contribution in [3.8, 4) is 0 Å². The SMILES string of the molecule is O=C(NCc1ccccn1)c1ccc(CN2CCCc3ccccc32)cc1. The Balaban J connectivity index is 1.39. The van der Waals surface area contributed by atoms with Gasteiger partial charge < -0.3 is 10.2 Å². The molecule has 0 atom stereocenters. The Labute approximate surface area is 159 Å². The molecule has 27 heavy (non-hydrogen) atoms. The molecule has 2 heterocycles. The zero-order valence-corrected chi connectivity index (χ0v) is 15.3. The minimum absolute atomic E-state index is 0.0736.